The summed E-state index contributed by atoms with van der Waals surface area (Å²) in [6.07, 6.45) is 40.3. The standard InChI is InChI=1S/C42H74NO10P/c1-3-5-7-9-11-13-15-17-18-19-20-22-23-25-27-29-31-33-40(44)50-35-38(36-51-54(48,49)52-37-39(43)42(46)47)53-41(45)34-32-30-28-26-24-21-16-14-12-10-8-6-4-2/h11,13-14,16-18,20,22,38-39H,3-10,12,15,19,21,23-37,43H2,1-2H3,(H,46,47)(H,48,49)/b13-11+,16-14+,18-17+,22-20+/t38-,39+/m1/s1. The highest BCUT2D eigenvalue weighted by molar-refractivity contribution is 7.47. The number of phosphoric acid groups is 1. The van der Waals surface area contributed by atoms with Gasteiger partial charge < -0.3 is 25.2 Å². The third kappa shape index (κ3) is 36.4. The van der Waals surface area contributed by atoms with Gasteiger partial charge in [-0.3, -0.25) is 23.4 Å². The first-order chi connectivity index (χ1) is 26.1. The number of carbonyl (C=O) groups is 3. The molecular weight excluding hydrogens is 709 g/mol. The average Bonchev–Trinajstić information content (AvgIpc) is 3.14. The van der Waals surface area contributed by atoms with E-state index in [1.807, 2.05) is 0 Å². The molecule has 11 nitrogen and oxygen atoms in total. The van der Waals surface area contributed by atoms with E-state index in [2.05, 4.69) is 67.0 Å². The van der Waals surface area contributed by atoms with Crippen LogP contribution in [0.1, 0.15) is 168 Å². The maximum Gasteiger partial charge on any atom is 0.472 e. The van der Waals surface area contributed by atoms with Crippen molar-refractivity contribution in [1.29, 1.82) is 0 Å². The molecule has 1 unspecified atom stereocenters. The highest BCUT2D eigenvalue weighted by Gasteiger charge is 2.28. The molecule has 0 radical (unpaired) electrons. The smallest absolute Gasteiger partial charge is 0.472 e. The van der Waals surface area contributed by atoms with Crippen LogP contribution in [0, 0.1) is 0 Å². The zero-order chi connectivity index (χ0) is 40.0. The molecule has 0 heterocycles. The maximum atomic E-state index is 12.6. The number of nitrogens with two attached hydrogens (primary N) is 1. The van der Waals surface area contributed by atoms with Gasteiger partial charge in [0.1, 0.15) is 12.6 Å². The number of ether oxygens (including phenoxy) is 2. The number of hydrogen-bond acceptors (Lipinski definition) is 9. The van der Waals surface area contributed by atoms with Crippen molar-refractivity contribution >= 4 is 25.7 Å². The molecule has 12 heteroatoms. The first-order valence-electron chi connectivity index (χ1n) is 20.7. The highest BCUT2D eigenvalue weighted by Crippen LogP contribution is 2.43. The normalized spacial score (nSPS) is 14.3. The summed E-state index contributed by atoms with van der Waals surface area (Å²) in [6.45, 7) is 2.71. The van der Waals surface area contributed by atoms with Crippen molar-refractivity contribution in [3.63, 3.8) is 0 Å². The third-order valence-corrected chi connectivity index (χ3v) is 9.50. The van der Waals surface area contributed by atoms with Crippen molar-refractivity contribution in [3.05, 3.63) is 48.6 Å². The number of unbranched alkanes of at least 4 members (excludes halogenated alkanes) is 16. The van der Waals surface area contributed by atoms with Gasteiger partial charge in [0.25, 0.3) is 0 Å². The minimum Gasteiger partial charge on any atom is -0.480 e. The van der Waals surface area contributed by atoms with Crippen LogP contribution in [0.25, 0.3) is 0 Å². The van der Waals surface area contributed by atoms with E-state index in [1.165, 1.54) is 44.9 Å². The molecule has 0 aliphatic carbocycles. The molecule has 54 heavy (non-hydrogen) atoms. The van der Waals surface area contributed by atoms with E-state index in [4.69, 9.17) is 24.8 Å². The van der Waals surface area contributed by atoms with E-state index in [0.717, 1.165) is 83.5 Å². The van der Waals surface area contributed by atoms with Gasteiger partial charge in [0.05, 0.1) is 13.2 Å². The van der Waals surface area contributed by atoms with Gasteiger partial charge in [-0.15, -0.1) is 0 Å². The summed E-state index contributed by atoms with van der Waals surface area (Å²) in [4.78, 5) is 45.8. The molecule has 0 bridgehead atoms. The van der Waals surface area contributed by atoms with Crippen LogP contribution in [0.3, 0.4) is 0 Å². The Labute approximate surface area is 326 Å². The van der Waals surface area contributed by atoms with Gasteiger partial charge in [0, 0.05) is 12.8 Å². The lowest BCUT2D eigenvalue weighted by atomic mass is 10.1. The minimum absolute atomic E-state index is 0.144. The van der Waals surface area contributed by atoms with Gasteiger partial charge in [-0.25, -0.2) is 4.57 Å². The number of carbonyl (C=O) groups excluding carboxylic acids is 2. The molecule has 0 aromatic carbocycles. The van der Waals surface area contributed by atoms with E-state index in [-0.39, 0.29) is 19.4 Å². The first-order valence-corrected chi connectivity index (χ1v) is 22.2. The van der Waals surface area contributed by atoms with Crippen LogP contribution in [0.15, 0.2) is 48.6 Å². The molecule has 0 amide bonds. The lowest BCUT2D eigenvalue weighted by Gasteiger charge is -2.20. The van der Waals surface area contributed by atoms with Crippen LogP contribution in [-0.4, -0.2) is 59.9 Å². The monoisotopic (exact) mass is 784 g/mol. The molecule has 0 spiro atoms. The van der Waals surface area contributed by atoms with Crippen LogP contribution in [0.4, 0.5) is 0 Å². The summed E-state index contributed by atoms with van der Waals surface area (Å²) < 4.78 is 32.6. The number of rotatable bonds is 38. The predicted octanol–water partition coefficient (Wildman–Crippen LogP) is 10.6. The van der Waals surface area contributed by atoms with Crippen LogP contribution < -0.4 is 5.73 Å². The number of esters is 2. The van der Waals surface area contributed by atoms with Crippen molar-refractivity contribution in [2.45, 2.75) is 180 Å². The lowest BCUT2D eigenvalue weighted by molar-refractivity contribution is -0.161. The molecule has 0 fully saturated rings. The molecule has 3 atom stereocenters. The Kier molecular flexibility index (Phi) is 35.6. The van der Waals surface area contributed by atoms with Crippen molar-refractivity contribution < 1.29 is 47.5 Å². The van der Waals surface area contributed by atoms with Gasteiger partial charge in [0.2, 0.25) is 0 Å². The third-order valence-electron chi connectivity index (χ3n) is 8.55. The van der Waals surface area contributed by atoms with E-state index >= 15 is 0 Å². The summed E-state index contributed by atoms with van der Waals surface area (Å²) in [5, 5.41) is 8.87. The molecule has 4 N–H and O–H groups in total. The van der Waals surface area contributed by atoms with Crippen LogP contribution in [-0.2, 0) is 37.5 Å². The zero-order valence-electron chi connectivity index (χ0n) is 33.6. The number of phosphoric ester groups is 1. The molecule has 0 rings (SSSR count). The summed E-state index contributed by atoms with van der Waals surface area (Å²) in [7, 11) is -4.72. The second-order valence-corrected chi connectivity index (χ2v) is 15.2. The number of hydrogen-bond donors (Lipinski definition) is 3. The highest BCUT2D eigenvalue weighted by atomic mass is 31.2. The Bertz CT molecular complexity index is 1110. The second-order valence-electron chi connectivity index (χ2n) is 13.8. The molecule has 0 saturated carbocycles. The van der Waals surface area contributed by atoms with Crippen molar-refractivity contribution in [2.24, 2.45) is 5.73 Å². The molecule has 0 saturated heterocycles. The van der Waals surface area contributed by atoms with Crippen molar-refractivity contribution in [2.75, 3.05) is 19.8 Å². The summed E-state index contributed by atoms with van der Waals surface area (Å²) in [5.74, 6) is -2.42. The van der Waals surface area contributed by atoms with Crippen LogP contribution >= 0.6 is 7.82 Å². The van der Waals surface area contributed by atoms with Crippen molar-refractivity contribution in [1.82, 2.24) is 0 Å². The van der Waals surface area contributed by atoms with Gasteiger partial charge in [-0.2, -0.15) is 0 Å². The molecule has 312 valence electrons. The van der Waals surface area contributed by atoms with Crippen LogP contribution in [0.2, 0.25) is 0 Å². The molecule has 0 aromatic heterocycles. The second kappa shape index (κ2) is 37.4. The zero-order valence-corrected chi connectivity index (χ0v) is 34.4. The fourth-order valence-electron chi connectivity index (χ4n) is 5.24. The topological polar surface area (TPSA) is 172 Å². The van der Waals surface area contributed by atoms with Crippen LogP contribution in [0.5, 0.6) is 0 Å². The SMILES string of the molecule is CCCCC/C=C/C/C=C/C/C=C/CCCCCCC(=O)OC[C@H](COP(=O)(O)OC[C@H](N)C(=O)O)OC(=O)CCCCCCC/C=C/CCCCCC. The van der Waals surface area contributed by atoms with E-state index < -0.39 is 51.1 Å². The van der Waals surface area contributed by atoms with E-state index in [9.17, 15) is 23.8 Å². The Hall–Kier alpha value is -2.56. The Balaban J connectivity index is 4.45. The maximum absolute atomic E-state index is 12.6. The predicted molar refractivity (Wildman–Crippen MR) is 217 cm³/mol. The average molecular weight is 784 g/mol. The van der Waals surface area contributed by atoms with Gasteiger partial charge in [-0.05, 0) is 77.0 Å². The van der Waals surface area contributed by atoms with Gasteiger partial charge in [-0.1, -0.05) is 127 Å². The summed E-state index contributed by atoms with van der Waals surface area (Å²) in [5.41, 5.74) is 5.32. The number of aliphatic carboxylic acids is 1. The fraction of sp³-hybridized carbons (Fsp3) is 0.738. The first kappa shape index (κ1) is 51.4. The lowest BCUT2D eigenvalue weighted by Crippen LogP contribution is -2.34. The van der Waals surface area contributed by atoms with E-state index in [1.54, 1.807) is 0 Å². The molecule has 0 aliphatic rings. The number of carboxylic acid groups (broad SMARTS) is 1. The molecular formula is C42H74NO10P. The number of carboxylic acids is 1. The minimum atomic E-state index is -4.72. The largest absolute Gasteiger partial charge is 0.480 e. The molecule has 0 aliphatic heterocycles. The Morgan fingerprint density at radius 2 is 0.981 bits per heavy atom. The summed E-state index contributed by atoms with van der Waals surface area (Å²) in [6, 6.07) is -1.53. The molecule has 0 aromatic rings. The van der Waals surface area contributed by atoms with Gasteiger partial charge >= 0.3 is 25.7 Å². The van der Waals surface area contributed by atoms with Gasteiger partial charge in [0.15, 0.2) is 6.10 Å². The fourth-order valence-corrected chi connectivity index (χ4v) is 6.02. The van der Waals surface area contributed by atoms with Crippen molar-refractivity contribution in [3.8, 4) is 0 Å². The Morgan fingerprint density at radius 1 is 0.574 bits per heavy atom. The number of allylic oxidation sites excluding steroid dienone is 8. The van der Waals surface area contributed by atoms with E-state index in [0.29, 0.717) is 12.8 Å². The summed E-state index contributed by atoms with van der Waals surface area (Å²) >= 11 is 0. The Morgan fingerprint density at radius 3 is 1.52 bits per heavy atom. The quantitative estimate of drug-likeness (QED) is 0.0235.